The molecular weight excluding hydrogens is 280 g/mol. The zero-order valence-corrected chi connectivity index (χ0v) is 11.9. The van der Waals surface area contributed by atoms with Crippen molar-refractivity contribution in [3.8, 4) is 28.5 Å². The number of hydrogen-bond donors (Lipinski definition) is 0. The van der Waals surface area contributed by atoms with Gasteiger partial charge in [-0.15, -0.1) is 0 Å². The highest BCUT2D eigenvalue weighted by Crippen LogP contribution is 2.27. The highest BCUT2D eigenvalue weighted by molar-refractivity contribution is 6.31. The Morgan fingerprint density at radius 1 is 0.857 bits per heavy atom. The number of benzene rings is 2. The lowest BCUT2D eigenvalue weighted by atomic mass is 10.0. The summed E-state index contributed by atoms with van der Waals surface area (Å²) in [6, 6.07) is 21.4. The maximum absolute atomic E-state index is 9.01. The molecule has 0 aliphatic carbocycles. The minimum atomic E-state index is 0.561. The number of aromatic nitrogens is 1. The van der Waals surface area contributed by atoms with Crippen LogP contribution in [0.2, 0.25) is 5.02 Å². The van der Waals surface area contributed by atoms with E-state index in [0.717, 1.165) is 22.4 Å². The zero-order valence-electron chi connectivity index (χ0n) is 11.1. The molecule has 0 amide bonds. The topological polar surface area (TPSA) is 36.7 Å². The summed E-state index contributed by atoms with van der Waals surface area (Å²) in [5.41, 5.74) is 4.52. The van der Waals surface area contributed by atoms with Gasteiger partial charge in [0.25, 0.3) is 0 Å². The van der Waals surface area contributed by atoms with Crippen LogP contribution in [0.3, 0.4) is 0 Å². The molecule has 2 nitrogen and oxygen atoms in total. The number of nitrogens with zero attached hydrogens (tertiary/aromatic N) is 2. The lowest BCUT2D eigenvalue weighted by Gasteiger charge is -2.05. The highest BCUT2D eigenvalue weighted by atomic mass is 35.5. The minimum Gasteiger partial charge on any atom is -0.256 e. The Hall–Kier alpha value is -2.63. The Kier molecular flexibility index (Phi) is 3.68. The van der Waals surface area contributed by atoms with Gasteiger partial charge in [0, 0.05) is 16.8 Å². The minimum absolute atomic E-state index is 0.561. The maximum atomic E-state index is 9.01. The summed E-state index contributed by atoms with van der Waals surface area (Å²) >= 11 is 6.04. The van der Waals surface area contributed by atoms with Crippen LogP contribution in [0, 0.1) is 11.3 Å². The van der Waals surface area contributed by atoms with Gasteiger partial charge in [-0.25, -0.2) is 0 Å². The number of hydrogen-bond acceptors (Lipinski definition) is 2. The molecule has 100 valence electrons. The molecule has 2 aromatic carbocycles. The van der Waals surface area contributed by atoms with Gasteiger partial charge in [0.1, 0.15) is 0 Å². The van der Waals surface area contributed by atoms with E-state index in [1.807, 2.05) is 54.6 Å². The van der Waals surface area contributed by atoms with E-state index in [-0.39, 0.29) is 0 Å². The summed E-state index contributed by atoms with van der Waals surface area (Å²) in [5, 5.41) is 9.58. The fourth-order valence-electron chi connectivity index (χ4n) is 2.19. The molecule has 3 aromatic rings. The average molecular weight is 291 g/mol. The summed E-state index contributed by atoms with van der Waals surface area (Å²) in [6.45, 7) is 0. The van der Waals surface area contributed by atoms with Crippen molar-refractivity contribution in [2.45, 2.75) is 0 Å². The third-order valence-corrected chi connectivity index (χ3v) is 3.42. The Balaban J connectivity index is 1.98. The molecule has 21 heavy (non-hydrogen) atoms. The van der Waals surface area contributed by atoms with E-state index in [0.29, 0.717) is 10.6 Å². The van der Waals surface area contributed by atoms with Crippen molar-refractivity contribution in [1.29, 1.82) is 5.26 Å². The smallest absolute Gasteiger partial charge is 0.0992 e. The van der Waals surface area contributed by atoms with Crippen molar-refractivity contribution < 1.29 is 0 Å². The van der Waals surface area contributed by atoms with Gasteiger partial charge < -0.3 is 0 Å². The molecule has 1 heterocycles. The second-order valence-corrected chi connectivity index (χ2v) is 5.07. The fraction of sp³-hybridized carbons (Fsp3) is 0. The van der Waals surface area contributed by atoms with Crippen LogP contribution in [0.5, 0.6) is 0 Å². The second kappa shape index (κ2) is 5.78. The van der Waals surface area contributed by atoms with E-state index >= 15 is 0 Å². The van der Waals surface area contributed by atoms with Crippen molar-refractivity contribution in [2.24, 2.45) is 0 Å². The lowest BCUT2D eigenvalue weighted by molar-refractivity contribution is 1.33. The summed E-state index contributed by atoms with van der Waals surface area (Å²) < 4.78 is 0. The monoisotopic (exact) mass is 290 g/mol. The van der Waals surface area contributed by atoms with Gasteiger partial charge in [0.2, 0.25) is 0 Å². The zero-order chi connectivity index (χ0) is 14.7. The van der Waals surface area contributed by atoms with E-state index < -0.39 is 0 Å². The van der Waals surface area contributed by atoms with Crippen molar-refractivity contribution in [1.82, 2.24) is 4.98 Å². The van der Waals surface area contributed by atoms with E-state index in [2.05, 4.69) is 11.1 Å². The SMILES string of the molecule is N#Cc1cc(Cl)cc(-c2ccc(-c3ccccn3)cc2)c1. The van der Waals surface area contributed by atoms with Crippen LogP contribution in [0.4, 0.5) is 0 Å². The van der Waals surface area contributed by atoms with Gasteiger partial charge in [-0.1, -0.05) is 41.9 Å². The van der Waals surface area contributed by atoms with Crippen LogP contribution in [-0.4, -0.2) is 4.98 Å². The van der Waals surface area contributed by atoms with E-state index in [1.165, 1.54) is 0 Å². The van der Waals surface area contributed by atoms with Gasteiger partial charge in [0.15, 0.2) is 0 Å². The third-order valence-electron chi connectivity index (χ3n) is 3.21. The molecule has 1 aromatic heterocycles. The van der Waals surface area contributed by atoms with Gasteiger partial charge in [0.05, 0.1) is 17.3 Å². The Labute approximate surface area is 128 Å². The molecule has 3 heteroatoms. The van der Waals surface area contributed by atoms with Crippen molar-refractivity contribution in [3.63, 3.8) is 0 Å². The largest absolute Gasteiger partial charge is 0.256 e. The highest BCUT2D eigenvalue weighted by Gasteiger charge is 2.04. The van der Waals surface area contributed by atoms with Crippen LogP contribution in [-0.2, 0) is 0 Å². The molecule has 0 bridgehead atoms. The van der Waals surface area contributed by atoms with Crippen molar-refractivity contribution >= 4 is 11.6 Å². The fourth-order valence-corrected chi connectivity index (χ4v) is 2.42. The summed E-state index contributed by atoms with van der Waals surface area (Å²) in [6.07, 6.45) is 1.78. The molecule has 0 saturated carbocycles. The number of halogens is 1. The number of rotatable bonds is 2. The molecule has 0 radical (unpaired) electrons. The lowest BCUT2D eigenvalue weighted by Crippen LogP contribution is -1.84. The van der Waals surface area contributed by atoms with Crippen LogP contribution in [0.25, 0.3) is 22.4 Å². The van der Waals surface area contributed by atoms with Crippen LogP contribution in [0.15, 0.2) is 66.9 Å². The third kappa shape index (κ3) is 2.94. The second-order valence-electron chi connectivity index (χ2n) is 4.63. The summed E-state index contributed by atoms with van der Waals surface area (Å²) in [5.74, 6) is 0. The first-order chi connectivity index (χ1) is 10.3. The standard InChI is InChI=1S/C18H11ClN2/c19-17-10-13(12-20)9-16(11-17)14-4-6-15(7-5-14)18-3-1-2-8-21-18/h1-11H. The summed E-state index contributed by atoms with van der Waals surface area (Å²) in [7, 11) is 0. The molecule has 0 atom stereocenters. The number of pyridine rings is 1. The predicted octanol–water partition coefficient (Wildman–Crippen LogP) is 4.94. The van der Waals surface area contributed by atoms with Gasteiger partial charge in [-0.2, -0.15) is 5.26 Å². The Morgan fingerprint density at radius 3 is 2.29 bits per heavy atom. The van der Waals surface area contributed by atoms with Crippen LogP contribution < -0.4 is 0 Å². The van der Waals surface area contributed by atoms with Crippen molar-refractivity contribution in [3.05, 3.63) is 77.4 Å². The molecule has 0 saturated heterocycles. The molecule has 0 N–H and O–H groups in total. The maximum Gasteiger partial charge on any atom is 0.0992 e. The normalized spacial score (nSPS) is 10.1. The molecule has 0 aliphatic rings. The molecular formula is C18H11ClN2. The van der Waals surface area contributed by atoms with Crippen LogP contribution >= 0.6 is 11.6 Å². The van der Waals surface area contributed by atoms with E-state index in [1.54, 1.807) is 12.3 Å². The molecule has 3 rings (SSSR count). The van der Waals surface area contributed by atoms with E-state index in [9.17, 15) is 0 Å². The molecule has 0 unspecified atom stereocenters. The van der Waals surface area contributed by atoms with Crippen LogP contribution in [0.1, 0.15) is 5.56 Å². The van der Waals surface area contributed by atoms with Gasteiger partial charge >= 0.3 is 0 Å². The molecule has 0 fully saturated rings. The van der Waals surface area contributed by atoms with Gasteiger partial charge in [-0.05, 0) is 41.5 Å². The number of nitriles is 1. The first-order valence-corrected chi connectivity index (χ1v) is 6.86. The first kappa shape index (κ1) is 13.4. The summed E-state index contributed by atoms with van der Waals surface area (Å²) in [4.78, 5) is 4.33. The Bertz CT molecular complexity index is 803. The van der Waals surface area contributed by atoms with E-state index in [4.69, 9.17) is 16.9 Å². The van der Waals surface area contributed by atoms with Gasteiger partial charge in [-0.3, -0.25) is 4.98 Å². The predicted molar refractivity (Wildman–Crippen MR) is 84.8 cm³/mol. The van der Waals surface area contributed by atoms with Crippen molar-refractivity contribution in [2.75, 3.05) is 0 Å². The Morgan fingerprint density at radius 2 is 1.62 bits per heavy atom. The molecule has 0 aliphatic heterocycles. The molecule has 0 spiro atoms. The quantitative estimate of drug-likeness (QED) is 0.670. The average Bonchev–Trinajstić information content (AvgIpc) is 2.55. The first-order valence-electron chi connectivity index (χ1n) is 6.49.